The lowest BCUT2D eigenvalue weighted by Gasteiger charge is -2.17. The predicted molar refractivity (Wildman–Crippen MR) is 97.9 cm³/mol. The van der Waals surface area contributed by atoms with Crippen LogP contribution in [0.5, 0.6) is 0 Å². The minimum absolute atomic E-state index is 0.355. The summed E-state index contributed by atoms with van der Waals surface area (Å²) in [5.41, 5.74) is 0.858. The first-order chi connectivity index (χ1) is 12.6. The number of hydrogen-bond acceptors (Lipinski definition) is 4. The molecule has 2 aliphatic carbocycles. The molecule has 0 spiro atoms. The van der Waals surface area contributed by atoms with Gasteiger partial charge in [-0.05, 0) is 49.9 Å². The normalized spacial score (nSPS) is 18.6. The zero-order valence-electron chi connectivity index (χ0n) is 14.2. The molecule has 132 valence electrons. The van der Waals surface area contributed by atoms with Crippen LogP contribution in [0.3, 0.4) is 0 Å². The van der Waals surface area contributed by atoms with Gasteiger partial charge in [0.25, 0.3) is 0 Å². The third-order valence-corrected chi connectivity index (χ3v) is 7.76. The van der Waals surface area contributed by atoms with Crippen molar-refractivity contribution in [2.45, 2.75) is 41.2 Å². The molecule has 0 atom stereocenters. The molecule has 2 fully saturated rings. The Morgan fingerprint density at radius 1 is 0.923 bits per heavy atom. The Hall–Kier alpha value is -2.47. The Bertz CT molecular complexity index is 1050. The molecule has 2 saturated carbocycles. The Labute approximate surface area is 152 Å². The van der Waals surface area contributed by atoms with Crippen molar-refractivity contribution in [3.8, 4) is 5.69 Å². The molecule has 2 aromatic carbocycles. The van der Waals surface area contributed by atoms with Crippen molar-refractivity contribution < 1.29 is 8.42 Å². The lowest BCUT2D eigenvalue weighted by molar-refractivity contribution is 0.572. The van der Waals surface area contributed by atoms with Crippen molar-refractivity contribution in [3.05, 3.63) is 72.3 Å². The van der Waals surface area contributed by atoms with Gasteiger partial charge in [-0.25, -0.2) is 18.1 Å². The molecule has 1 heterocycles. The third-order valence-electron chi connectivity index (χ3n) is 5.25. The standard InChI is InChI=1S/C20H19N3O2S/c24-26(25,17-9-5-2-6-10-17)20(13-14-20)19-21-18(15-11-12-15)22-23(19)16-7-3-1-4-8-16/h1-10,15H,11-14H2. The van der Waals surface area contributed by atoms with Gasteiger partial charge >= 0.3 is 0 Å². The molecule has 0 N–H and O–H groups in total. The molecule has 0 radical (unpaired) electrons. The summed E-state index contributed by atoms with van der Waals surface area (Å²) in [4.78, 5) is 5.10. The SMILES string of the molecule is O=S(=O)(c1ccccc1)C1(c2nc(C3CC3)nn2-c2ccccc2)CC1. The monoisotopic (exact) mass is 365 g/mol. The van der Waals surface area contributed by atoms with E-state index in [1.54, 1.807) is 28.9 Å². The fourth-order valence-corrected chi connectivity index (χ4v) is 5.42. The topological polar surface area (TPSA) is 64.8 Å². The van der Waals surface area contributed by atoms with E-state index in [2.05, 4.69) is 0 Å². The number of sulfone groups is 1. The maximum Gasteiger partial charge on any atom is 0.191 e. The summed E-state index contributed by atoms with van der Waals surface area (Å²) in [5.74, 6) is 1.71. The zero-order valence-corrected chi connectivity index (χ0v) is 15.1. The first kappa shape index (κ1) is 15.8. The molecule has 3 aromatic rings. The number of hydrogen-bond donors (Lipinski definition) is 0. The second kappa shape index (κ2) is 5.51. The maximum absolute atomic E-state index is 13.4. The van der Waals surface area contributed by atoms with E-state index < -0.39 is 14.6 Å². The smallest absolute Gasteiger partial charge is 0.191 e. The minimum atomic E-state index is -3.53. The van der Waals surface area contributed by atoms with Gasteiger partial charge in [0, 0.05) is 5.92 Å². The van der Waals surface area contributed by atoms with Crippen LogP contribution in [-0.2, 0) is 14.6 Å². The first-order valence-corrected chi connectivity index (χ1v) is 10.4. The molecule has 0 amide bonds. The first-order valence-electron chi connectivity index (χ1n) is 8.94. The summed E-state index contributed by atoms with van der Waals surface area (Å²) in [6.45, 7) is 0. The maximum atomic E-state index is 13.4. The van der Waals surface area contributed by atoms with E-state index in [4.69, 9.17) is 10.1 Å². The van der Waals surface area contributed by atoms with Gasteiger partial charge in [-0.15, -0.1) is 0 Å². The molecule has 6 heteroatoms. The minimum Gasteiger partial charge on any atom is -0.223 e. The molecule has 0 aliphatic heterocycles. The van der Waals surface area contributed by atoms with Gasteiger partial charge in [0.1, 0.15) is 4.75 Å². The fourth-order valence-electron chi connectivity index (χ4n) is 3.44. The average Bonchev–Trinajstić information content (AvgIpc) is 3.61. The second-order valence-corrected chi connectivity index (χ2v) is 9.39. The highest BCUT2D eigenvalue weighted by atomic mass is 32.2. The van der Waals surface area contributed by atoms with Crippen molar-refractivity contribution >= 4 is 9.84 Å². The van der Waals surface area contributed by atoms with E-state index in [-0.39, 0.29) is 0 Å². The van der Waals surface area contributed by atoms with Crippen LogP contribution < -0.4 is 0 Å². The molecule has 2 aliphatic rings. The number of nitrogens with zero attached hydrogens (tertiary/aromatic N) is 3. The summed E-state index contributed by atoms with van der Waals surface area (Å²) in [5, 5.41) is 4.70. The Kier molecular flexibility index (Phi) is 3.34. The van der Waals surface area contributed by atoms with Gasteiger partial charge in [0.15, 0.2) is 21.5 Å². The molecular formula is C20H19N3O2S. The van der Waals surface area contributed by atoms with E-state index in [9.17, 15) is 8.42 Å². The number of aromatic nitrogens is 3. The highest BCUT2D eigenvalue weighted by molar-refractivity contribution is 7.92. The highest BCUT2D eigenvalue weighted by Crippen LogP contribution is 2.55. The lowest BCUT2D eigenvalue weighted by atomic mass is 10.3. The van der Waals surface area contributed by atoms with E-state index in [1.807, 2.05) is 36.4 Å². The van der Waals surface area contributed by atoms with Gasteiger partial charge < -0.3 is 0 Å². The molecular weight excluding hydrogens is 346 g/mol. The van der Waals surface area contributed by atoms with Gasteiger partial charge in [-0.3, -0.25) is 0 Å². The summed E-state index contributed by atoms with van der Waals surface area (Å²) in [7, 11) is -3.53. The summed E-state index contributed by atoms with van der Waals surface area (Å²) < 4.78 is 27.6. The van der Waals surface area contributed by atoms with Crippen LogP contribution in [0.15, 0.2) is 65.6 Å². The van der Waals surface area contributed by atoms with E-state index in [0.29, 0.717) is 29.5 Å². The average molecular weight is 365 g/mol. The Balaban J connectivity index is 1.68. The molecule has 5 nitrogen and oxygen atoms in total. The molecule has 0 unspecified atom stereocenters. The van der Waals surface area contributed by atoms with E-state index in [0.717, 1.165) is 24.4 Å². The van der Waals surface area contributed by atoms with Crippen molar-refractivity contribution in [1.29, 1.82) is 0 Å². The van der Waals surface area contributed by atoms with Crippen molar-refractivity contribution in [3.63, 3.8) is 0 Å². The summed E-state index contributed by atoms with van der Waals surface area (Å²) >= 11 is 0. The summed E-state index contributed by atoms with van der Waals surface area (Å²) in [6, 6.07) is 18.4. The van der Waals surface area contributed by atoms with Crippen LogP contribution in [0, 0.1) is 0 Å². The van der Waals surface area contributed by atoms with Crippen LogP contribution in [0.25, 0.3) is 5.69 Å². The molecule has 26 heavy (non-hydrogen) atoms. The van der Waals surface area contributed by atoms with E-state index >= 15 is 0 Å². The van der Waals surface area contributed by atoms with E-state index in [1.165, 1.54) is 0 Å². The zero-order chi connectivity index (χ0) is 17.8. The third kappa shape index (κ3) is 2.32. The molecule has 5 rings (SSSR count). The Morgan fingerprint density at radius 3 is 2.12 bits per heavy atom. The van der Waals surface area contributed by atoms with Gasteiger partial charge in [0.05, 0.1) is 10.6 Å². The van der Waals surface area contributed by atoms with Crippen molar-refractivity contribution in [2.24, 2.45) is 0 Å². The quantitative estimate of drug-likeness (QED) is 0.693. The van der Waals surface area contributed by atoms with Crippen LogP contribution in [-0.4, -0.2) is 23.2 Å². The second-order valence-electron chi connectivity index (χ2n) is 7.13. The van der Waals surface area contributed by atoms with Crippen molar-refractivity contribution in [1.82, 2.24) is 14.8 Å². The number of rotatable bonds is 5. The van der Waals surface area contributed by atoms with Crippen LogP contribution in [0.2, 0.25) is 0 Å². The predicted octanol–water partition coefficient (Wildman–Crippen LogP) is 3.61. The summed E-state index contributed by atoms with van der Waals surface area (Å²) in [6.07, 6.45) is 3.33. The van der Waals surface area contributed by atoms with Crippen molar-refractivity contribution in [2.75, 3.05) is 0 Å². The van der Waals surface area contributed by atoms with Crippen LogP contribution in [0.1, 0.15) is 43.3 Å². The van der Waals surface area contributed by atoms with Gasteiger partial charge in [-0.1, -0.05) is 36.4 Å². The molecule has 0 saturated heterocycles. The Morgan fingerprint density at radius 2 is 1.54 bits per heavy atom. The largest absolute Gasteiger partial charge is 0.223 e. The van der Waals surface area contributed by atoms with Gasteiger partial charge in [-0.2, -0.15) is 5.10 Å². The highest BCUT2D eigenvalue weighted by Gasteiger charge is 2.60. The fraction of sp³-hybridized carbons (Fsp3) is 0.300. The lowest BCUT2D eigenvalue weighted by Crippen LogP contribution is -2.25. The number of benzene rings is 2. The van der Waals surface area contributed by atoms with Gasteiger partial charge in [0.2, 0.25) is 0 Å². The van der Waals surface area contributed by atoms with Crippen LogP contribution in [0.4, 0.5) is 0 Å². The number of para-hydroxylation sites is 1. The molecule has 1 aromatic heterocycles. The van der Waals surface area contributed by atoms with Crippen LogP contribution >= 0.6 is 0 Å². The molecule has 0 bridgehead atoms.